The molecule has 5 rings (SSSR count). The van der Waals surface area contributed by atoms with Crippen molar-refractivity contribution in [2.75, 3.05) is 4.90 Å². The molecule has 0 spiro atoms. The first-order valence-corrected chi connectivity index (χ1v) is 10.1. The molecule has 2 heterocycles. The summed E-state index contributed by atoms with van der Waals surface area (Å²) >= 11 is 1.79. The minimum atomic E-state index is -0.248. The van der Waals surface area contributed by atoms with Gasteiger partial charge in [-0.1, -0.05) is 48.5 Å². The Bertz CT molecular complexity index is 1040. The van der Waals surface area contributed by atoms with Gasteiger partial charge in [0.2, 0.25) is 11.8 Å². The Kier molecular flexibility index (Phi) is 3.76. The number of hydrogen-bond donors (Lipinski definition) is 0. The number of benzene rings is 2. The van der Waals surface area contributed by atoms with Crippen LogP contribution in [-0.2, 0) is 22.4 Å². The molecule has 1 aliphatic heterocycles. The molecular weight excluding hydrogens is 354 g/mol. The first-order valence-electron chi connectivity index (χ1n) is 9.24. The highest BCUT2D eigenvalue weighted by molar-refractivity contribution is 7.15. The third-order valence-corrected chi connectivity index (χ3v) is 7.02. The van der Waals surface area contributed by atoms with Crippen molar-refractivity contribution in [3.05, 3.63) is 76.7 Å². The predicted molar refractivity (Wildman–Crippen MR) is 108 cm³/mol. The summed E-state index contributed by atoms with van der Waals surface area (Å²) in [5.74, 6) is -0.581. The molecule has 1 saturated heterocycles. The van der Waals surface area contributed by atoms with E-state index in [0.29, 0.717) is 18.5 Å². The van der Waals surface area contributed by atoms with E-state index in [2.05, 4.69) is 19.1 Å². The molecule has 0 radical (unpaired) electrons. The summed E-state index contributed by atoms with van der Waals surface area (Å²) in [7, 11) is 0. The molecule has 4 heteroatoms. The number of nitrogens with zero attached hydrogens (tertiary/aromatic N) is 1. The average Bonchev–Trinajstić information content (AvgIpc) is 3.16. The van der Waals surface area contributed by atoms with Gasteiger partial charge in [-0.2, -0.15) is 0 Å². The standard InChI is InChI=1S/C23H19NO2S/c1-14-17-12-19-20(13-18(17)21(27-14)15-8-4-2-5-9-15)23(26)24(22(19)25)16-10-6-3-7-11-16/h2-11,19-20H,12-13H2,1H3. The van der Waals surface area contributed by atoms with Crippen molar-refractivity contribution in [3.63, 3.8) is 0 Å². The van der Waals surface area contributed by atoms with Crippen LogP contribution in [-0.4, -0.2) is 11.8 Å². The number of fused-ring (bicyclic) bond motifs is 2. The number of thiophene rings is 1. The average molecular weight is 373 g/mol. The lowest BCUT2D eigenvalue weighted by atomic mass is 9.77. The van der Waals surface area contributed by atoms with Gasteiger partial charge >= 0.3 is 0 Å². The molecule has 1 aliphatic carbocycles. The van der Waals surface area contributed by atoms with Crippen molar-refractivity contribution in [3.8, 4) is 10.4 Å². The first-order chi connectivity index (χ1) is 13.1. The van der Waals surface area contributed by atoms with Gasteiger partial charge < -0.3 is 0 Å². The Morgan fingerprint density at radius 3 is 2.00 bits per heavy atom. The lowest BCUT2D eigenvalue weighted by molar-refractivity contribution is -0.122. The quantitative estimate of drug-likeness (QED) is 0.614. The number of amides is 2. The van der Waals surface area contributed by atoms with Crippen LogP contribution in [0.2, 0.25) is 0 Å². The van der Waals surface area contributed by atoms with Crippen molar-refractivity contribution in [1.82, 2.24) is 0 Å². The maximum Gasteiger partial charge on any atom is 0.238 e. The molecule has 1 fully saturated rings. The SMILES string of the molecule is Cc1sc(-c2ccccc2)c2c1CC1C(=O)N(c3ccccc3)C(=O)C1C2. The zero-order chi connectivity index (χ0) is 18.5. The third kappa shape index (κ3) is 2.47. The van der Waals surface area contributed by atoms with E-state index in [1.54, 1.807) is 11.3 Å². The third-order valence-electron chi connectivity index (χ3n) is 5.78. The van der Waals surface area contributed by atoms with E-state index < -0.39 is 0 Å². The fourth-order valence-electron chi connectivity index (χ4n) is 4.45. The van der Waals surface area contributed by atoms with E-state index >= 15 is 0 Å². The summed E-state index contributed by atoms with van der Waals surface area (Å²) in [6.07, 6.45) is 1.32. The molecule has 1 aromatic heterocycles. The van der Waals surface area contributed by atoms with Gasteiger partial charge in [0.25, 0.3) is 0 Å². The van der Waals surface area contributed by atoms with E-state index in [1.165, 1.54) is 31.3 Å². The van der Waals surface area contributed by atoms with E-state index in [9.17, 15) is 9.59 Å². The normalized spacial score (nSPS) is 21.3. The second kappa shape index (κ2) is 6.17. The number of aryl methyl sites for hydroxylation is 1. The number of imide groups is 1. The molecular formula is C23H19NO2S. The number of para-hydroxylation sites is 1. The summed E-state index contributed by atoms with van der Waals surface area (Å²) in [4.78, 5) is 30.1. The van der Waals surface area contributed by atoms with Crippen LogP contribution >= 0.6 is 11.3 Å². The molecule has 134 valence electrons. The Morgan fingerprint density at radius 1 is 0.815 bits per heavy atom. The topological polar surface area (TPSA) is 37.4 Å². The molecule has 2 aromatic carbocycles. The number of anilines is 1. The number of carbonyl (C=O) groups is 2. The van der Waals surface area contributed by atoms with Crippen molar-refractivity contribution in [2.24, 2.45) is 11.8 Å². The van der Waals surface area contributed by atoms with Gasteiger partial charge in [0.1, 0.15) is 0 Å². The van der Waals surface area contributed by atoms with Crippen LogP contribution in [0.4, 0.5) is 5.69 Å². The predicted octanol–water partition coefficient (Wildman–Crippen LogP) is 4.63. The van der Waals surface area contributed by atoms with Gasteiger partial charge in [-0.25, -0.2) is 0 Å². The molecule has 0 N–H and O–H groups in total. The van der Waals surface area contributed by atoms with Crippen molar-refractivity contribution < 1.29 is 9.59 Å². The fourth-order valence-corrected chi connectivity index (χ4v) is 5.67. The van der Waals surface area contributed by atoms with Crippen LogP contribution in [0.3, 0.4) is 0 Å². The number of rotatable bonds is 2. The van der Waals surface area contributed by atoms with Crippen LogP contribution in [0, 0.1) is 18.8 Å². The minimum absolute atomic E-state index is 0.0475. The lowest BCUT2D eigenvalue weighted by Crippen LogP contribution is -2.30. The van der Waals surface area contributed by atoms with Crippen LogP contribution < -0.4 is 4.90 Å². The highest BCUT2D eigenvalue weighted by Gasteiger charge is 2.51. The fraction of sp³-hybridized carbons (Fsp3) is 0.217. The molecule has 0 saturated carbocycles. The molecule has 3 aromatic rings. The van der Waals surface area contributed by atoms with Gasteiger partial charge in [0, 0.05) is 9.75 Å². The summed E-state index contributed by atoms with van der Waals surface area (Å²) in [6, 6.07) is 19.7. The van der Waals surface area contributed by atoms with Gasteiger partial charge in [0.05, 0.1) is 17.5 Å². The minimum Gasteiger partial charge on any atom is -0.274 e. The van der Waals surface area contributed by atoms with Crippen LogP contribution in [0.15, 0.2) is 60.7 Å². The highest BCUT2D eigenvalue weighted by atomic mass is 32.1. The van der Waals surface area contributed by atoms with Gasteiger partial charge in [0.15, 0.2) is 0 Å². The van der Waals surface area contributed by atoms with Crippen molar-refractivity contribution >= 4 is 28.8 Å². The van der Waals surface area contributed by atoms with Crippen LogP contribution in [0.5, 0.6) is 0 Å². The molecule has 2 aliphatic rings. The molecule has 2 amide bonds. The summed E-state index contributed by atoms with van der Waals surface area (Å²) in [5.41, 5.74) is 4.42. The second-order valence-corrected chi connectivity index (χ2v) is 8.50. The zero-order valence-corrected chi connectivity index (χ0v) is 15.8. The maximum absolute atomic E-state index is 13.1. The smallest absolute Gasteiger partial charge is 0.238 e. The molecule has 2 atom stereocenters. The first kappa shape index (κ1) is 16.5. The summed E-state index contributed by atoms with van der Waals surface area (Å²) < 4.78 is 0. The Morgan fingerprint density at radius 2 is 1.37 bits per heavy atom. The van der Waals surface area contributed by atoms with E-state index in [4.69, 9.17) is 0 Å². The summed E-state index contributed by atoms with van der Waals surface area (Å²) in [6.45, 7) is 2.13. The lowest BCUT2D eigenvalue weighted by Gasteiger charge is -2.23. The van der Waals surface area contributed by atoms with Gasteiger partial charge in [-0.3, -0.25) is 14.5 Å². The molecule has 2 unspecified atom stereocenters. The van der Waals surface area contributed by atoms with Crippen LogP contribution in [0.25, 0.3) is 10.4 Å². The van der Waals surface area contributed by atoms with Gasteiger partial charge in [-0.15, -0.1) is 11.3 Å². The van der Waals surface area contributed by atoms with E-state index in [-0.39, 0.29) is 23.7 Å². The Hall–Kier alpha value is -2.72. The zero-order valence-electron chi connectivity index (χ0n) is 15.0. The summed E-state index contributed by atoms with van der Waals surface area (Å²) in [5, 5.41) is 0. The van der Waals surface area contributed by atoms with E-state index in [0.717, 1.165) is 0 Å². The highest BCUT2D eigenvalue weighted by Crippen LogP contribution is 2.46. The maximum atomic E-state index is 13.1. The van der Waals surface area contributed by atoms with Crippen molar-refractivity contribution in [2.45, 2.75) is 19.8 Å². The van der Waals surface area contributed by atoms with Crippen molar-refractivity contribution in [1.29, 1.82) is 0 Å². The Labute approximate surface area is 162 Å². The largest absolute Gasteiger partial charge is 0.274 e. The molecule has 27 heavy (non-hydrogen) atoms. The number of hydrogen-bond acceptors (Lipinski definition) is 3. The van der Waals surface area contributed by atoms with Gasteiger partial charge in [-0.05, 0) is 48.6 Å². The van der Waals surface area contributed by atoms with E-state index in [1.807, 2.05) is 48.5 Å². The second-order valence-electron chi connectivity index (χ2n) is 7.28. The monoisotopic (exact) mass is 373 g/mol. The molecule has 0 bridgehead atoms. The Balaban J connectivity index is 1.56. The number of carbonyl (C=O) groups excluding carboxylic acids is 2. The van der Waals surface area contributed by atoms with Crippen LogP contribution in [0.1, 0.15) is 16.0 Å². The molecule has 3 nitrogen and oxygen atoms in total.